The van der Waals surface area contributed by atoms with Gasteiger partial charge < -0.3 is 15.3 Å². The highest BCUT2D eigenvalue weighted by Crippen LogP contribution is 2.33. The fraction of sp³-hybridized carbons (Fsp3) is 0.100. The molecule has 2 aromatic rings. The van der Waals surface area contributed by atoms with Gasteiger partial charge in [0.1, 0.15) is 17.3 Å². The molecule has 2 aromatic carbocycles. The lowest BCUT2D eigenvalue weighted by Crippen LogP contribution is -2.02. The van der Waals surface area contributed by atoms with Crippen molar-refractivity contribution < 1.29 is 15.3 Å². The zero-order valence-electron chi connectivity index (χ0n) is 13.0. The van der Waals surface area contributed by atoms with Crippen molar-refractivity contribution in [2.24, 2.45) is 0 Å². The Morgan fingerprint density at radius 2 is 1.30 bits per heavy atom. The maximum atomic E-state index is 9.57. The normalized spacial score (nSPS) is 12.0. The van der Waals surface area contributed by atoms with Crippen LogP contribution in [0, 0.1) is 0 Å². The Morgan fingerprint density at radius 3 is 1.70 bits per heavy atom. The minimum atomic E-state index is -0.142. The van der Waals surface area contributed by atoms with Gasteiger partial charge in [-0.1, -0.05) is 36.9 Å². The van der Waals surface area contributed by atoms with Crippen LogP contribution in [0.25, 0.3) is 0 Å². The average Bonchev–Trinajstić information content (AvgIpc) is 2.56. The van der Waals surface area contributed by atoms with Crippen molar-refractivity contribution in [2.45, 2.75) is 12.8 Å². The number of hydrogen-bond acceptors (Lipinski definition) is 3. The fourth-order valence-electron chi connectivity index (χ4n) is 2.34. The lowest BCUT2D eigenvalue weighted by molar-refractivity contribution is 0.431. The van der Waals surface area contributed by atoms with Crippen LogP contribution in [0.5, 0.6) is 11.5 Å². The van der Waals surface area contributed by atoms with Gasteiger partial charge in [-0.05, 0) is 60.0 Å². The standard InChI is InChI=1S/C20H20O3/c1-3-17(21)9-4-14(2)20(15-5-10-18(22)11-6-15)16-7-12-19(23)13-8-16/h3-13,20-23H,2H2,1H3/b9-4-,17-3+. The van der Waals surface area contributed by atoms with E-state index in [4.69, 9.17) is 0 Å². The highest BCUT2D eigenvalue weighted by molar-refractivity contribution is 5.46. The first-order chi connectivity index (χ1) is 11.0. The van der Waals surface area contributed by atoms with E-state index in [1.807, 2.05) is 24.3 Å². The van der Waals surface area contributed by atoms with E-state index in [9.17, 15) is 15.3 Å². The van der Waals surface area contributed by atoms with Gasteiger partial charge >= 0.3 is 0 Å². The first-order valence-corrected chi connectivity index (χ1v) is 7.31. The Labute approximate surface area is 136 Å². The summed E-state index contributed by atoms with van der Waals surface area (Å²) in [7, 11) is 0. The van der Waals surface area contributed by atoms with Crippen LogP contribution in [0.3, 0.4) is 0 Å². The van der Waals surface area contributed by atoms with Crippen molar-refractivity contribution in [1.29, 1.82) is 0 Å². The molecule has 0 aliphatic heterocycles. The monoisotopic (exact) mass is 308 g/mol. The number of hydrogen-bond donors (Lipinski definition) is 3. The van der Waals surface area contributed by atoms with E-state index in [-0.39, 0.29) is 23.2 Å². The number of phenolic OH excluding ortho intramolecular Hbond substituents is 2. The van der Waals surface area contributed by atoms with E-state index >= 15 is 0 Å². The first-order valence-electron chi connectivity index (χ1n) is 7.31. The van der Waals surface area contributed by atoms with Crippen LogP contribution in [-0.4, -0.2) is 15.3 Å². The van der Waals surface area contributed by atoms with Crippen LogP contribution >= 0.6 is 0 Å². The van der Waals surface area contributed by atoms with E-state index < -0.39 is 0 Å². The van der Waals surface area contributed by atoms with Gasteiger partial charge in [0.2, 0.25) is 0 Å². The van der Waals surface area contributed by atoms with E-state index in [1.54, 1.807) is 49.4 Å². The van der Waals surface area contributed by atoms with Crippen LogP contribution in [0.2, 0.25) is 0 Å². The molecular weight excluding hydrogens is 288 g/mol. The summed E-state index contributed by atoms with van der Waals surface area (Å²) in [4.78, 5) is 0. The van der Waals surface area contributed by atoms with Gasteiger partial charge in [-0.15, -0.1) is 0 Å². The lowest BCUT2D eigenvalue weighted by atomic mass is 9.85. The van der Waals surface area contributed by atoms with Gasteiger partial charge in [0, 0.05) is 5.92 Å². The van der Waals surface area contributed by atoms with E-state index in [0.717, 1.165) is 16.7 Å². The van der Waals surface area contributed by atoms with Crippen molar-refractivity contribution in [1.82, 2.24) is 0 Å². The maximum absolute atomic E-state index is 9.57. The van der Waals surface area contributed by atoms with E-state index in [0.29, 0.717) is 0 Å². The number of aromatic hydroxyl groups is 2. The second-order valence-electron chi connectivity index (χ2n) is 5.24. The highest BCUT2D eigenvalue weighted by atomic mass is 16.3. The average molecular weight is 308 g/mol. The summed E-state index contributed by atoms with van der Waals surface area (Å²) in [6.07, 6.45) is 4.95. The van der Waals surface area contributed by atoms with Gasteiger partial charge in [0.15, 0.2) is 0 Å². The number of allylic oxidation sites excluding steroid dienone is 4. The van der Waals surface area contributed by atoms with Gasteiger partial charge in [-0.3, -0.25) is 0 Å². The van der Waals surface area contributed by atoms with Crippen LogP contribution in [0.15, 0.2) is 84.7 Å². The molecule has 0 atom stereocenters. The molecular formula is C20H20O3. The number of rotatable bonds is 5. The Kier molecular flexibility index (Phi) is 5.26. The molecule has 0 bridgehead atoms. The number of benzene rings is 2. The summed E-state index contributed by atoms with van der Waals surface area (Å²) >= 11 is 0. The minimum absolute atomic E-state index is 0.142. The molecule has 0 aliphatic carbocycles. The van der Waals surface area contributed by atoms with Gasteiger partial charge in [-0.25, -0.2) is 0 Å². The van der Waals surface area contributed by atoms with E-state index in [2.05, 4.69) is 6.58 Å². The Morgan fingerprint density at radius 1 is 0.870 bits per heavy atom. The summed E-state index contributed by atoms with van der Waals surface area (Å²) in [5, 5.41) is 28.5. The lowest BCUT2D eigenvalue weighted by Gasteiger charge is -2.19. The molecule has 2 rings (SSSR count). The molecule has 0 radical (unpaired) electrons. The smallest absolute Gasteiger partial charge is 0.115 e. The predicted molar refractivity (Wildman–Crippen MR) is 92.7 cm³/mol. The van der Waals surface area contributed by atoms with Crippen LogP contribution in [0.4, 0.5) is 0 Å². The molecule has 0 spiro atoms. The summed E-state index contributed by atoms with van der Waals surface area (Å²) in [6, 6.07) is 13.9. The number of phenols is 2. The third kappa shape index (κ3) is 4.27. The summed E-state index contributed by atoms with van der Waals surface area (Å²) in [5.41, 5.74) is 2.71. The molecule has 0 saturated heterocycles. The summed E-state index contributed by atoms with van der Waals surface area (Å²) in [5.74, 6) is 0.426. The molecule has 0 saturated carbocycles. The third-order valence-electron chi connectivity index (χ3n) is 3.59. The molecule has 0 aromatic heterocycles. The summed E-state index contributed by atoms with van der Waals surface area (Å²) < 4.78 is 0. The predicted octanol–water partition coefficient (Wildman–Crippen LogP) is 4.80. The minimum Gasteiger partial charge on any atom is -0.508 e. The molecule has 0 aliphatic rings. The largest absolute Gasteiger partial charge is 0.508 e. The Hall–Kier alpha value is -2.94. The van der Waals surface area contributed by atoms with Crippen molar-refractivity contribution >= 4 is 0 Å². The van der Waals surface area contributed by atoms with E-state index in [1.165, 1.54) is 0 Å². The van der Waals surface area contributed by atoms with Gasteiger partial charge in [0.25, 0.3) is 0 Å². The van der Waals surface area contributed by atoms with Crippen LogP contribution in [0.1, 0.15) is 24.0 Å². The Bertz CT molecular complexity index is 677. The van der Waals surface area contributed by atoms with Crippen molar-refractivity contribution in [3.05, 3.63) is 95.8 Å². The number of aliphatic hydroxyl groups excluding tert-OH is 1. The van der Waals surface area contributed by atoms with Crippen molar-refractivity contribution in [3.8, 4) is 11.5 Å². The van der Waals surface area contributed by atoms with Crippen LogP contribution in [-0.2, 0) is 0 Å². The zero-order valence-corrected chi connectivity index (χ0v) is 13.0. The highest BCUT2D eigenvalue weighted by Gasteiger charge is 2.16. The van der Waals surface area contributed by atoms with Crippen LogP contribution < -0.4 is 0 Å². The third-order valence-corrected chi connectivity index (χ3v) is 3.59. The first kappa shape index (κ1) is 16.4. The molecule has 0 heterocycles. The molecule has 3 nitrogen and oxygen atoms in total. The van der Waals surface area contributed by atoms with Crippen molar-refractivity contribution in [2.75, 3.05) is 0 Å². The van der Waals surface area contributed by atoms with Gasteiger partial charge in [-0.2, -0.15) is 0 Å². The second kappa shape index (κ2) is 7.36. The molecule has 3 heteroatoms. The number of aliphatic hydroxyl groups is 1. The SMILES string of the molecule is C=C(/C=C\C(O)=C/C)C(c1ccc(O)cc1)c1ccc(O)cc1. The molecule has 23 heavy (non-hydrogen) atoms. The molecule has 3 N–H and O–H groups in total. The topological polar surface area (TPSA) is 60.7 Å². The fourth-order valence-corrected chi connectivity index (χ4v) is 2.34. The molecule has 0 fully saturated rings. The zero-order chi connectivity index (χ0) is 16.8. The maximum Gasteiger partial charge on any atom is 0.115 e. The molecule has 0 amide bonds. The molecule has 118 valence electrons. The van der Waals surface area contributed by atoms with Gasteiger partial charge in [0.05, 0.1) is 0 Å². The van der Waals surface area contributed by atoms with Crippen molar-refractivity contribution in [3.63, 3.8) is 0 Å². The summed E-state index contributed by atoms with van der Waals surface area (Å²) in [6.45, 7) is 5.86. The Balaban J connectivity index is 2.42. The second-order valence-corrected chi connectivity index (χ2v) is 5.24. The quantitative estimate of drug-likeness (QED) is 0.549. The molecule has 0 unspecified atom stereocenters.